The first-order valence-electron chi connectivity index (χ1n) is 8.96. The van der Waals surface area contributed by atoms with Crippen molar-refractivity contribution in [1.82, 2.24) is 9.80 Å². The van der Waals surface area contributed by atoms with Crippen LogP contribution in [-0.4, -0.2) is 42.0 Å². The van der Waals surface area contributed by atoms with Crippen molar-refractivity contribution in [1.29, 1.82) is 0 Å². The maximum absolute atomic E-state index is 13.3. The third-order valence-corrected chi connectivity index (χ3v) is 5.21. The van der Waals surface area contributed by atoms with Gasteiger partial charge in [-0.25, -0.2) is 13.6 Å². The number of nitrogens with one attached hydrogen (secondary N) is 1. The van der Waals surface area contributed by atoms with Crippen LogP contribution in [0.4, 0.5) is 32.4 Å². The average Bonchev–Trinajstić information content (AvgIpc) is 2.61. The summed E-state index contributed by atoms with van der Waals surface area (Å²) in [6.45, 7) is 2.75. The number of urea groups is 1. The number of alkyl halides is 3. The second kappa shape index (κ2) is 7.98. The summed E-state index contributed by atoms with van der Waals surface area (Å²) in [5.74, 6) is -1.71. The summed E-state index contributed by atoms with van der Waals surface area (Å²) in [7, 11) is 1.89. The minimum Gasteiger partial charge on any atom is -0.321 e. The molecule has 0 saturated carbocycles. The standard InChI is InChI=1S/C20H20F5N3O/c1-12(13-3-5-14(21)6-4-13)27(2)16-10-28(11-16)19(29)26-15-7-8-18(22)17(9-15)20(23,24)25/h3-9,12,16H,10-11H2,1-2H3,(H,26,29). The van der Waals surface area contributed by atoms with Crippen LogP contribution in [0.5, 0.6) is 0 Å². The summed E-state index contributed by atoms with van der Waals surface area (Å²) in [4.78, 5) is 15.8. The Bertz CT molecular complexity index is 879. The number of amides is 2. The van der Waals surface area contributed by atoms with Crippen molar-refractivity contribution in [2.75, 3.05) is 25.5 Å². The number of anilines is 1. The molecule has 0 aliphatic carbocycles. The molecule has 2 aromatic rings. The second-order valence-corrected chi connectivity index (χ2v) is 7.07. The van der Waals surface area contributed by atoms with E-state index in [0.717, 1.165) is 11.6 Å². The smallest absolute Gasteiger partial charge is 0.321 e. The average molecular weight is 413 g/mol. The molecular weight excluding hydrogens is 393 g/mol. The lowest BCUT2D eigenvalue weighted by molar-refractivity contribution is -0.139. The zero-order valence-corrected chi connectivity index (χ0v) is 15.8. The number of hydrogen-bond donors (Lipinski definition) is 1. The van der Waals surface area contributed by atoms with Crippen LogP contribution in [0.3, 0.4) is 0 Å². The fraction of sp³-hybridized carbons (Fsp3) is 0.350. The van der Waals surface area contributed by atoms with E-state index >= 15 is 0 Å². The summed E-state index contributed by atoms with van der Waals surface area (Å²) in [6.07, 6.45) is -4.84. The van der Waals surface area contributed by atoms with Crippen LogP contribution in [0.2, 0.25) is 0 Å². The first kappa shape index (κ1) is 21.0. The minimum atomic E-state index is -4.84. The molecule has 1 unspecified atom stereocenters. The highest BCUT2D eigenvalue weighted by Gasteiger charge is 2.37. The van der Waals surface area contributed by atoms with Gasteiger partial charge in [0.25, 0.3) is 0 Å². The first-order valence-corrected chi connectivity index (χ1v) is 8.96. The molecule has 1 saturated heterocycles. The number of likely N-dealkylation sites (tertiary alicyclic amines) is 1. The van der Waals surface area contributed by atoms with Crippen LogP contribution >= 0.6 is 0 Å². The van der Waals surface area contributed by atoms with Crippen molar-refractivity contribution >= 4 is 11.7 Å². The van der Waals surface area contributed by atoms with Gasteiger partial charge < -0.3 is 10.2 Å². The van der Waals surface area contributed by atoms with Crippen LogP contribution in [0.15, 0.2) is 42.5 Å². The summed E-state index contributed by atoms with van der Waals surface area (Å²) < 4.78 is 64.8. The molecule has 3 rings (SSSR count). The molecule has 1 aliphatic heterocycles. The summed E-state index contributed by atoms with van der Waals surface area (Å²) in [6, 6.07) is 8.01. The van der Waals surface area contributed by atoms with Crippen molar-refractivity contribution in [2.24, 2.45) is 0 Å². The normalized spacial score (nSPS) is 15.9. The van der Waals surface area contributed by atoms with Gasteiger partial charge in [-0.15, -0.1) is 0 Å². The molecular formula is C20H20F5N3O. The van der Waals surface area contributed by atoms with Crippen LogP contribution in [0.1, 0.15) is 24.1 Å². The van der Waals surface area contributed by atoms with Gasteiger partial charge in [0.05, 0.1) is 5.56 Å². The zero-order chi connectivity index (χ0) is 21.3. The van der Waals surface area contributed by atoms with E-state index in [0.29, 0.717) is 25.2 Å². The van der Waals surface area contributed by atoms with Crippen LogP contribution < -0.4 is 5.32 Å². The molecule has 1 atom stereocenters. The van der Waals surface area contributed by atoms with Gasteiger partial charge in [0, 0.05) is 30.9 Å². The number of benzene rings is 2. The minimum absolute atomic E-state index is 0.00254. The SMILES string of the molecule is CC(c1ccc(F)cc1)N(C)C1CN(C(=O)Nc2ccc(F)c(C(F)(F)F)c2)C1. The molecule has 0 aromatic heterocycles. The molecule has 2 amide bonds. The number of likely N-dealkylation sites (N-methyl/N-ethyl adjacent to an activating group) is 1. The monoisotopic (exact) mass is 413 g/mol. The van der Waals surface area contributed by atoms with E-state index in [4.69, 9.17) is 0 Å². The van der Waals surface area contributed by atoms with Gasteiger partial charge in [-0.2, -0.15) is 13.2 Å². The Hall–Kier alpha value is -2.68. The van der Waals surface area contributed by atoms with E-state index in [9.17, 15) is 26.7 Å². The van der Waals surface area contributed by atoms with Crippen LogP contribution in [-0.2, 0) is 6.18 Å². The largest absolute Gasteiger partial charge is 0.419 e. The maximum atomic E-state index is 13.3. The fourth-order valence-corrected chi connectivity index (χ4v) is 3.19. The third kappa shape index (κ3) is 4.67. The van der Waals surface area contributed by atoms with Gasteiger partial charge in [0.15, 0.2) is 0 Å². The van der Waals surface area contributed by atoms with Crippen molar-refractivity contribution in [3.63, 3.8) is 0 Å². The van der Waals surface area contributed by atoms with Gasteiger partial charge in [0.1, 0.15) is 11.6 Å². The van der Waals surface area contributed by atoms with Crippen molar-refractivity contribution in [3.05, 3.63) is 65.2 Å². The molecule has 1 aliphatic rings. The number of rotatable bonds is 4. The molecule has 29 heavy (non-hydrogen) atoms. The number of hydrogen-bond acceptors (Lipinski definition) is 2. The van der Waals surface area contributed by atoms with Gasteiger partial charge in [-0.05, 0) is 49.9 Å². The predicted molar refractivity (Wildman–Crippen MR) is 98.4 cm³/mol. The molecule has 9 heteroatoms. The molecule has 2 aromatic carbocycles. The lowest BCUT2D eigenvalue weighted by Crippen LogP contribution is -2.61. The van der Waals surface area contributed by atoms with Crippen molar-refractivity contribution < 1.29 is 26.7 Å². The number of carbonyl (C=O) groups is 1. The topological polar surface area (TPSA) is 35.6 Å². The lowest BCUT2D eigenvalue weighted by Gasteiger charge is -2.46. The van der Waals surface area contributed by atoms with Gasteiger partial charge in [-0.1, -0.05) is 12.1 Å². The third-order valence-electron chi connectivity index (χ3n) is 5.21. The van der Waals surface area contributed by atoms with Crippen molar-refractivity contribution in [3.8, 4) is 0 Å². The Balaban J connectivity index is 1.57. The first-order chi connectivity index (χ1) is 13.6. The number of nitrogens with zero attached hydrogens (tertiary/aromatic N) is 2. The second-order valence-electron chi connectivity index (χ2n) is 7.07. The highest BCUT2D eigenvalue weighted by atomic mass is 19.4. The van der Waals surface area contributed by atoms with Crippen molar-refractivity contribution in [2.45, 2.75) is 25.2 Å². The molecule has 4 nitrogen and oxygen atoms in total. The molecule has 1 N–H and O–H groups in total. The Morgan fingerprint density at radius 2 is 1.76 bits per heavy atom. The lowest BCUT2D eigenvalue weighted by atomic mass is 10.0. The van der Waals surface area contributed by atoms with Crippen LogP contribution in [0, 0.1) is 11.6 Å². The molecule has 156 valence electrons. The van der Waals surface area contributed by atoms with E-state index in [1.165, 1.54) is 17.0 Å². The Labute approximate surface area is 164 Å². The van der Waals surface area contributed by atoms with E-state index < -0.39 is 23.6 Å². The Kier molecular flexibility index (Phi) is 5.79. The zero-order valence-electron chi connectivity index (χ0n) is 15.8. The summed E-state index contributed by atoms with van der Waals surface area (Å²) in [5, 5.41) is 2.37. The Morgan fingerprint density at radius 3 is 2.34 bits per heavy atom. The number of halogens is 5. The van der Waals surface area contributed by atoms with E-state index in [1.54, 1.807) is 12.1 Å². The van der Waals surface area contributed by atoms with Gasteiger partial charge >= 0.3 is 12.2 Å². The molecule has 1 heterocycles. The predicted octanol–water partition coefficient (Wildman–Crippen LogP) is 4.89. The maximum Gasteiger partial charge on any atom is 0.419 e. The van der Waals surface area contributed by atoms with E-state index in [2.05, 4.69) is 10.2 Å². The molecule has 0 bridgehead atoms. The summed E-state index contributed by atoms with van der Waals surface area (Å²) in [5.41, 5.74) is -0.618. The van der Waals surface area contributed by atoms with Gasteiger partial charge in [0.2, 0.25) is 0 Å². The quantitative estimate of drug-likeness (QED) is 0.725. The van der Waals surface area contributed by atoms with Crippen LogP contribution in [0.25, 0.3) is 0 Å². The summed E-state index contributed by atoms with van der Waals surface area (Å²) >= 11 is 0. The highest BCUT2D eigenvalue weighted by molar-refractivity contribution is 5.90. The molecule has 0 spiro atoms. The highest BCUT2D eigenvalue weighted by Crippen LogP contribution is 2.33. The molecule has 1 fully saturated rings. The van der Waals surface area contributed by atoms with E-state index in [1.807, 2.05) is 14.0 Å². The fourth-order valence-electron chi connectivity index (χ4n) is 3.19. The van der Waals surface area contributed by atoms with E-state index in [-0.39, 0.29) is 23.6 Å². The van der Waals surface area contributed by atoms with Gasteiger partial charge in [-0.3, -0.25) is 4.90 Å². The number of carbonyl (C=O) groups excluding carboxylic acids is 1. The molecule has 0 radical (unpaired) electrons. The Morgan fingerprint density at radius 1 is 1.14 bits per heavy atom.